The predicted molar refractivity (Wildman–Crippen MR) is 77.2 cm³/mol. The molecule has 0 aromatic heterocycles. The van der Waals surface area contributed by atoms with E-state index in [1.165, 1.54) is 0 Å². The highest BCUT2D eigenvalue weighted by atomic mass is 79.9. The fourth-order valence-electron chi connectivity index (χ4n) is 1.86. The van der Waals surface area contributed by atoms with E-state index in [4.69, 9.17) is 9.47 Å². The number of para-hydroxylation sites is 1. The number of fused-ring (bicyclic) bond motifs is 1. The summed E-state index contributed by atoms with van der Waals surface area (Å²) in [6.45, 7) is 0.965. The average Bonchev–Trinajstić information content (AvgIpc) is 2.87. The summed E-state index contributed by atoms with van der Waals surface area (Å²) in [5.41, 5.74) is 8.45. The quantitative estimate of drug-likeness (QED) is 0.848. The third kappa shape index (κ3) is 2.83. The minimum atomic E-state index is 0.293. The van der Waals surface area contributed by atoms with E-state index in [0.29, 0.717) is 13.3 Å². The Balaban J connectivity index is 1.64. The smallest absolute Gasteiger partial charge is 0.231 e. The van der Waals surface area contributed by atoms with Crippen molar-refractivity contribution >= 4 is 21.6 Å². The second-order valence-corrected chi connectivity index (χ2v) is 5.00. The van der Waals surface area contributed by atoms with Crippen molar-refractivity contribution in [2.45, 2.75) is 6.54 Å². The molecule has 0 bridgehead atoms. The molecule has 0 saturated carbocycles. The van der Waals surface area contributed by atoms with Gasteiger partial charge in [0.05, 0.1) is 0 Å². The van der Waals surface area contributed by atoms with Gasteiger partial charge in [0.25, 0.3) is 0 Å². The Morgan fingerprint density at radius 1 is 1.05 bits per heavy atom. The molecule has 19 heavy (non-hydrogen) atoms. The van der Waals surface area contributed by atoms with Crippen LogP contribution >= 0.6 is 15.9 Å². The molecule has 2 aromatic carbocycles. The lowest BCUT2D eigenvalue weighted by atomic mass is 10.2. The van der Waals surface area contributed by atoms with Crippen LogP contribution in [0.1, 0.15) is 5.56 Å². The number of anilines is 1. The number of rotatable bonds is 4. The lowest BCUT2D eigenvalue weighted by molar-refractivity contribution is 0.174. The molecule has 0 atom stereocenters. The SMILES string of the molecule is Brc1cc2c(cc1CNNc1ccccc1)OCO2. The van der Waals surface area contributed by atoms with Crippen molar-refractivity contribution in [2.75, 3.05) is 12.2 Å². The maximum atomic E-state index is 5.37. The number of nitrogens with one attached hydrogen (secondary N) is 2. The zero-order chi connectivity index (χ0) is 13.1. The van der Waals surface area contributed by atoms with Gasteiger partial charge in [0, 0.05) is 16.7 Å². The summed E-state index contributed by atoms with van der Waals surface area (Å²) in [6, 6.07) is 13.9. The fraction of sp³-hybridized carbons (Fsp3) is 0.143. The Bertz CT molecular complexity index is 575. The highest BCUT2D eigenvalue weighted by Gasteiger charge is 2.15. The van der Waals surface area contributed by atoms with Crippen LogP contribution in [0.2, 0.25) is 0 Å². The van der Waals surface area contributed by atoms with Gasteiger partial charge in [-0.1, -0.05) is 34.1 Å². The van der Waals surface area contributed by atoms with E-state index in [1.54, 1.807) is 0 Å². The Labute approximate surface area is 119 Å². The molecule has 0 amide bonds. The maximum absolute atomic E-state index is 5.37. The topological polar surface area (TPSA) is 42.5 Å². The fourth-order valence-corrected chi connectivity index (χ4v) is 2.32. The molecule has 3 rings (SSSR count). The molecular formula is C14H13BrN2O2. The second kappa shape index (κ2) is 5.50. The standard InChI is InChI=1S/C14H13BrN2O2/c15-12-7-14-13(18-9-19-14)6-10(12)8-16-17-11-4-2-1-3-5-11/h1-7,16-17H,8-9H2. The third-order valence-corrected chi connectivity index (χ3v) is 3.57. The Morgan fingerprint density at radius 2 is 1.79 bits per heavy atom. The van der Waals surface area contributed by atoms with Gasteiger partial charge in [-0.2, -0.15) is 0 Å². The molecule has 0 spiro atoms. The predicted octanol–water partition coefficient (Wildman–Crippen LogP) is 3.29. The average molecular weight is 321 g/mol. The summed E-state index contributed by atoms with van der Waals surface area (Å²) in [5, 5.41) is 0. The van der Waals surface area contributed by atoms with Gasteiger partial charge in [-0.3, -0.25) is 0 Å². The van der Waals surface area contributed by atoms with Gasteiger partial charge in [-0.05, 0) is 29.8 Å². The first-order valence-electron chi connectivity index (χ1n) is 5.95. The second-order valence-electron chi connectivity index (χ2n) is 4.14. The number of hydrogen-bond acceptors (Lipinski definition) is 4. The minimum Gasteiger partial charge on any atom is -0.454 e. The van der Waals surface area contributed by atoms with Crippen LogP contribution in [-0.2, 0) is 6.54 Å². The summed E-state index contributed by atoms with van der Waals surface area (Å²) < 4.78 is 11.7. The van der Waals surface area contributed by atoms with E-state index in [-0.39, 0.29) is 0 Å². The first-order chi connectivity index (χ1) is 9.33. The van der Waals surface area contributed by atoms with Crippen molar-refractivity contribution in [1.29, 1.82) is 0 Å². The highest BCUT2D eigenvalue weighted by molar-refractivity contribution is 9.10. The van der Waals surface area contributed by atoms with Gasteiger partial charge in [-0.25, -0.2) is 5.43 Å². The van der Waals surface area contributed by atoms with Gasteiger partial charge in [0.15, 0.2) is 11.5 Å². The molecule has 0 fully saturated rings. The van der Waals surface area contributed by atoms with Gasteiger partial charge >= 0.3 is 0 Å². The van der Waals surface area contributed by atoms with Crippen LogP contribution in [0.3, 0.4) is 0 Å². The lowest BCUT2D eigenvalue weighted by Crippen LogP contribution is -2.20. The molecule has 1 heterocycles. The van der Waals surface area contributed by atoms with Crippen LogP contribution in [-0.4, -0.2) is 6.79 Å². The van der Waals surface area contributed by atoms with E-state index < -0.39 is 0 Å². The third-order valence-electron chi connectivity index (χ3n) is 2.83. The van der Waals surface area contributed by atoms with E-state index >= 15 is 0 Å². The van der Waals surface area contributed by atoms with Gasteiger partial charge < -0.3 is 14.9 Å². The zero-order valence-electron chi connectivity index (χ0n) is 10.2. The number of halogens is 1. The van der Waals surface area contributed by atoms with Crippen LogP contribution in [0.25, 0.3) is 0 Å². The molecule has 2 N–H and O–H groups in total. The maximum Gasteiger partial charge on any atom is 0.231 e. The number of hydrogen-bond donors (Lipinski definition) is 2. The van der Waals surface area contributed by atoms with Crippen molar-refractivity contribution in [1.82, 2.24) is 5.43 Å². The first kappa shape index (κ1) is 12.3. The summed E-state index contributed by atoms with van der Waals surface area (Å²) in [6.07, 6.45) is 0. The van der Waals surface area contributed by atoms with E-state index in [9.17, 15) is 0 Å². The van der Waals surface area contributed by atoms with Crippen molar-refractivity contribution in [3.63, 3.8) is 0 Å². The summed E-state index contributed by atoms with van der Waals surface area (Å²) in [4.78, 5) is 0. The number of hydrazine groups is 1. The molecule has 0 aliphatic carbocycles. The lowest BCUT2D eigenvalue weighted by Gasteiger charge is -2.10. The molecule has 5 heteroatoms. The van der Waals surface area contributed by atoms with E-state index in [0.717, 1.165) is 27.2 Å². The van der Waals surface area contributed by atoms with Gasteiger partial charge in [0.1, 0.15) is 0 Å². The number of ether oxygens (including phenoxy) is 2. The zero-order valence-corrected chi connectivity index (χ0v) is 11.7. The molecular weight excluding hydrogens is 308 g/mol. The van der Waals surface area contributed by atoms with Crippen molar-refractivity contribution in [3.05, 3.63) is 52.5 Å². The molecule has 0 saturated heterocycles. The molecule has 2 aromatic rings. The molecule has 0 unspecified atom stereocenters. The molecule has 0 radical (unpaired) electrons. The van der Waals surface area contributed by atoms with Gasteiger partial charge in [0.2, 0.25) is 6.79 Å². The molecule has 98 valence electrons. The Kier molecular flexibility index (Phi) is 3.57. The molecule has 1 aliphatic heterocycles. The van der Waals surface area contributed by atoms with Crippen LogP contribution in [0.5, 0.6) is 11.5 Å². The monoisotopic (exact) mass is 320 g/mol. The van der Waals surface area contributed by atoms with Crippen LogP contribution in [0.4, 0.5) is 5.69 Å². The molecule has 4 nitrogen and oxygen atoms in total. The summed E-state index contributed by atoms with van der Waals surface area (Å²) >= 11 is 3.53. The van der Waals surface area contributed by atoms with Crippen molar-refractivity contribution in [2.24, 2.45) is 0 Å². The molecule has 1 aliphatic rings. The van der Waals surface area contributed by atoms with E-state index in [2.05, 4.69) is 26.8 Å². The first-order valence-corrected chi connectivity index (χ1v) is 6.74. The summed E-state index contributed by atoms with van der Waals surface area (Å²) in [5.74, 6) is 1.58. The minimum absolute atomic E-state index is 0.293. The van der Waals surface area contributed by atoms with Gasteiger partial charge in [-0.15, -0.1) is 0 Å². The normalized spacial score (nSPS) is 12.5. The Morgan fingerprint density at radius 3 is 2.58 bits per heavy atom. The summed E-state index contributed by atoms with van der Waals surface area (Å²) in [7, 11) is 0. The van der Waals surface area contributed by atoms with Crippen molar-refractivity contribution in [3.8, 4) is 11.5 Å². The van der Waals surface area contributed by atoms with Crippen molar-refractivity contribution < 1.29 is 9.47 Å². The van der Waals surface area contributed by atoms with Crippen LogP contribution < -0.4 is 20.3 Å². The van der Waals surface area contributed by atoms with E-state index in [1.807, 2.05) is 42.5 Å². The largest absolute Gasteiger partial charge is 0.454 e. The Hall–Kier alpha value is -1.72. The number of benzene rings is 2. The van der Waals surface area contributed by atoms with Crippen LogP contribution in [0.15, 0.2) is 46.9 Å². The van der Waals surface area contributed by atoms with Crippen LogP contribution in [0, 0.1) is 0 Å². The highest BCUT2D eigenvalue weighted by Crippen LogP contribution is 2.36.